The highest BCUT2D eigenvalue weighted by Crippen LogP contribution is 2.33. The van der Waals surface area contributed by atoms with Crippen molar-refractivity contribution in [3.63, 3.8) is 0 Å². The lowest BCUT2D eigenvalue weighted by Gasteiger charge is -2.04. The Balaban J connectivity index is 0. The van der Waals surface area contributed by atoms with E-state index in [2.05, 4.69) is 78.1 Å². The molecule has 0 bridgehead atoms. The van der Waals surface area contributed by atoms with E-state index < -0.39 is 0 Å². The van der Waals surface area contributed by atoms with Gasteiger partial charge in [-0.15, -0.1) is 0 Å². The average Bonchev–Trinajstić information content (AvgIpc) is 3.16. The Morgan fingerprint density at radius 3 is 2.03 bits per heavy atom. The van der Waals surface area contributed by atoms with Gasteiger partial charge in [-0.25, -0.2) is 0 Å². The van der Waals surface area contributed by atoms with Crippen molar-refractivity contribution in [1.29, 1.82) is 0 Å². The molecule has 0 heterocycles. The number of thiocarbonyl (C=S) groups is 1. The summed E-state index contributed by atoms with van der Waals surface area (Å²) in [4.78, 5) is 1.14. The predicted octanol–water partition coefficient (Wildman–Crippen LogP) is 11.0. The van der Waals surface area contributed by atoms with Crippen molar-refractivity contribution in [2.75, 3.05) is 0 Å². The normalized spacial score (nSPS) is 12.8. The molecule has 1 heteroatoms. The zero-order valence-corrected chi connectivity index (χ0v) is 22.6. The minimum Gasteiger partial charge on any atom is -0.0985 e. The van der Waals surface area contributed by atoms with Crippen LogP contribution in [0.1, 0.15) is 115 Å². The van der Waals surface area contributed by atoms with Crippen LogP contribution in [0.3, 0.4) is 0 Å². The molecule has 0 aromatic heterocycles. The SMILES string of the molecule is C.C=Cc1ccc(C(=C)C)cc1.CCC.CCCCC(C)=S.Cc1cccc2c1CCC2C. The molecule has 2 aromatic carbocycles. The Hall–Kier alpha value is -1.99. The molecule has 0 fully saturated rings. The fraction of sp³-hybridized carbons (Fsp3) is 0.469. The van der Waals surface area contributed by atoms with Gasteiger partial charge in [0.25, 0.3) is 0 Å². The van der Waals surface area contributed by atoms with Crippen LogP contribution in [0.5, 0.6) is 0 Å². The lowest BCUT2D eigenvalue weighted by Crippen LogP contribution is -1.87. The molecule has 3 rings (SSSR count). The van der Waals surface area contributed by atoms with Gasteiger partial charge < -0.3 is 0 Å². The molecule has 0 saturated carbocycles. The summed E-state index contributed by atoms with van der Waals surface area (Å²) in [5.41, 5.74) is 8.11. The maximum absolute atomic E-state index is 4.86. The molecule has 1 atom stereocenters. The average molecular weight is 467 g/mol. The van der Waals surface area contributed by atoms with Gasteiger partial charge in [0.05, 0.1) is 0 Å². The molecular formula is C32H50S. The Kier molecular flexibility index (Phi) is 19.6. The molecule has 0 spiro atoms. The lowest BCUT2D eigenvalue weighted by atomic mass is 10.0. The van der Waals surface area contributed by atoms with Crippen molar-refractivity contribution in [3.8, 4) is 0 Å². The highest BCUT2D eigenvalue weighted by atomic mass is 32.1. The Morgan fingerprint density at radius 2 is 1.64 bits per heavy atom. The van der Waals surface area contributed by atoms with E-state index in [9.17, 15) is 0 Å². The first-order valence-electron chi connectivity index (χ1n) is 12.2. The summed E-state index contributed by atoms with van der Waals surface area (Å²) in [5, 5.41) is 0. The first kappa shape index (κ1) is 33.2. The van der Waals surface area contributed by atoms with Crippen molar-refractivity contribution in [3.05, 3.63) is 83.4 Å². The monoisotopic (exact) mass is 466 g/mol. The molecule has 0 nitrogen and oxygen atoms in total. The quantitative estimate of drug-likeness (QED) is 0.395. The molecule has 0 radical (unpaired) electrons. The first-order chi connectivity index (χ1) is 15.2. The Morgan fingerprint density at radius 1 is 1.06 bits per heavy atom. The predicted molar refractivity (Wildman–Crippen MR) is 160 cm³/mol. The van der Waals surface area contributed by atoms with Crippen molar-refractivity contribution in [2.45, 2.75) is 100 Å². The number of hydrogen-bond acceptors (Lipinski definition) is 1. The molecule has 0 aliphatic heterocycles. The Bertz CT molecular complexity index is 811. The van der Waals surface area contributed by atoms with E-state index in [0.29, 0.717) is 0 Å². The first-order valence-corrected chi connectivity index (χ1v) is 12.6. The van der Waals surface area contributed by atoms with Gasteiger partial charge in [-0.1, -0.05) is 127 Å². The third kappa shape index (κ3) is 14.0. The van der Waals surface area contributed by atoms with E-state index in [1.807, 2.05) is 32.1 Å². The molecule has 2 aromatic rings. The summed E-state index contributed by atoms with van der Waals surface area (Å²) >= 11 is 4.86. The van der Waals surface area contributed by atoms with Crippen molar-refractivity contribution in [2.24, 2.45) is 0 Å². The van der Waals surface area contributed by atoms with E-state index >= 15 is 0 Å². The van der Waals surface area contributed by atoms with Crippen LogP contribution in [0, 0.1) is 6.92 Å². The van der Waals surface area contributed by atoms with Crippen molar-refractivity contribution >= 4 is 28.7 Å². The number of benzene rings is 2. The fourth-order valence-corrected chi connectivity index (χ4v) is 3.52. The maximum Gasteiger partial charge on any atom is -0.0102 e. The summed E-state index contributed by atoms with van der Waals surface area (Å²) in [6.07, 6.45) is 9.38. The summed E-state index contributed by atoms with van der Waals surface area (Å²) in [7, 11) is 0. The molecular weight excluding hydrogens is 416 g/mol. The zero-order valence-electron chi connectivity index (χ0n) is 21.8. The number of fused-ring (bicyclic) bond motifs is 1. The van der Waals surface area contributed by atoms with Crippen LogP contribution in [0.4, 0.5) is 0 Å². The number of hydrogen-bond donors (Lipinski definition) is 0. The van der Waals surface area contributed by atoms with E-state index in [1.54, 1.807) is 11.1 Å². The van der Waals surface area contributed by atoms with E-state index in [-0.39, 0.29) is 7.43 Å². The Labute approximate surface area is 212 Å². The van der Waals surface area contributed by atoms with Crippen molar-refractivity contribution in [1.82, 2.24) is 0 Å². The van der Waals surface area contributed by atoms with Gasteiger partial charge in [-0.2, -0.15) is 0 Å². The zero-order chi connectivity index (χ0) is 24.5. The van der Waals surface area contributed by atoms with Gasteiger partial charge in [0, 0.05) is 0 Å². The number of unbranched alkanes of at least 4 members (excludes halogenated alkanes) is 1. The minimum atomic E-state index is 0. The fourth-order valence-electron chi connectivity index (χ4n) is 3.37. The third-order valence-electron chi connectivity index (χ3n) is 5.33. The van der Waals surface area contributed by atoms with Crippen LogP contribution >= 0.6 is 12.2 Å². The topological polar surface area (TPSA) is 0 Å². The third-order valence-corrected chi connectivity index (χ3v) is 5.53. The van der Waals surface area contributed by atoms with Crippen LogP contribution in [0.15, 0.2) is 55.6 Å². The van der Waals surface area contributed by atoms with E-state index in [4.69, 9.17) is 12.2 Å². The standard InChI is InChI=1S/C11H14.C11H12.C6H12S.C3H8.CH4/c1-8-4-3-5-10-9(2)6-7-11(8)10;1-4-10-5-7-11(8-6-10)9(2)3;1-3-4-5-6(2)7;1-3-2;/h3-5,9H,6-7H2,1-2H3;4-8H,1-2H2,3H3;3-5H2,1-2H3;3H2,1-2H3;1H4. The van der Waals surface area contributed by atoms with E-state index in [0.717, 1.165) is 28.3 Å². The number of allylic oxidation sites excluding steroid dienone is 1. The highest BCUT2D eigenvalue weighted by Gasteiger charge is 2.18. The molecule has 1 aliphatic carbocycles. The molecule has 0 N–H and O–H groups in total. The van der Waals surface area contributed by atoms with Gasteiger partial charge in [0.15, 0.2) is 0 Å². The largest absolute Gasteiger partial charge is 0.0985 e. The molecule has 33 heavy (non-hydrogen) atoms. The molecule has 0 amide bonds. The summed E-state index contributed by atoms with van der Waals surface area (Å²) in [5.74, 6) is 0.796. The van der Waals surface area contributed by atoms with Gasteiger partial charge >= 0.3 is 0 Å². The van der Waals surface area contributed by atoms with Crippen LogP contribution in [-0.2, 0) is 6.42 Å². The smallest absolute Gasteiger partial charge is 0.0102 e. The van der Waals surface area contributed by atoms with Gasteiger partial charge in [-0.3, -0.25) is 0 Å². The summed E-state index contributed by atoms with van der Waals surface area (Å²) < 4.78 is 0. The van der Waals surface area contributed by atoms with Crippen LogP contribution < -0.4 is 0 Å². The number of rotatable bonds is 5. The maximum atomic E-state index is 4.86. The minimum absolute atomic E-state index is 0. The van der Waals surface area contributed by atoms with Gasteiger partial charge in [-0.05, 0) is 85.1 Å². The second-order valence-corrected chi connectivity index (χ2v) is 9.40. The molecule has 1 unspecified atom stereocenters. The van der Waals surface area contributed by atoms with E-state index in [1.165, 1.54) is 43.2 Å². The van der Waals surface area contributed by atoms with Crippen LogP contribution in [0.25, 0.3) is 11.6 Å². The van der Waals surface area contributed by atoms with Crippen molar-refractivity contribution < 1.29 is 0 Å². The molecule has 0 saturated heterocycles. The summed E-state index contributed by atoms with van der Waals surface area (Å²) in [6, 6.07) is 14.9. The second-order valence-electron chi connectivity index (χ2n) is 8.70. The number of aryl methyl sites for hydroxylation is 1. The molecule has 1 aliphatic rings. The lowest BCUT2D eigenvalue weighted by molar-refractivity contribution is 0.747. The molecule has 184 valence electrons. The summed E-state index contributed by atoms with van der Waals surface area (Å²) in [6.45, 7) is 22.5. The van der Waals surface area contributed by atoms with Gasteiger partial charge in [0.1, 0.15) is 0 Å². The highest BCUT2D eigenvalue weighted by molar-refractivity contribution is 7.80. The van der Waals surface area contributed by atoms with Crippen LogP contribution in [0.2, 0.25) is 0 Å². The second kappa shape index (κ2) is 19.5. The van der Waals surface area contributed by atoms with Crippen LogP contribution in [-0.4, -0.2) is 4.86 Å². The van der Waals surface area contributed by atoms with Gasteiger partial charge in [0.2, 0.25) is 0 Å².